The fourth-order valence-corrected chi connectivity index (χ4v) is 5.08. The summed E-state index contributed by atoms with van der Waals surface area (Å²) in [6, 6.07) is 6.22. The fourth-order valence-electron chi connectivity index (χ4n) is 5.08. The van der Waals surface area contributed by atoms with Crippen LogP contribution in [0.2, 0.25) is 0 Å². The van der Waals surface area contributed by atoms with Gasteiger partial charge in [0, 0.05) is 11.1 Å². The molecule has 4 aromatic carbocycles. The number of phenolic OH excluding ortho intramolecular Hbond substituents is 8. The van der Waals surface area contributed by atoms with Gasteiger partial charge in [-0.25, -0.2) is 28.8 Å². The third-order valence-electron chi connectivity index (χ3n) is 8.14. The molecule has 0 radical (unpaired) electrons. The van der Waals surface area contributed by atoms with Crippen molar-refractivity contribution in [2.24, 2.45) is 0 Å². The number of Topliss-reactive ketones (excluding diaryl/α,β-unsaturated/α-hetero) is 2. The van der Waals surface area contributed by atoms with E-state index in [9.17, 15) is 99.6 Å². The van der Waals surface area contributed by atoms with E-state index in [1.54, 1.807) is 0 Å². The molecule has 0 aliphatic rings. The van der Waals surface area contributed by atoms with Gasteiger partial charge in [-0.3, -0.25) is 9.59 Å². The summed E-state index contributed by atoms with van der Waals surface area (Å²) in [6.07, 6.45) is -6.70. The summed E-state index contributed by atoms with van der Waals surface area (Å²) in [4.78, 5) is 108. The summed E-state index contributed by atoms with van der Waals surface area (Å²) in [5, 5.41) is 121. The van der Waals surface area contributed by atoms with E-state index in [4.69, 9.17) is 14.2 Å². The largest absolute Gasteiger partial charge is 0.504 e. The minimum atomic E-state index is -4.96. The Labute approximate surface area is 325 Å². The Kier molecular flexibility index (Phi) is 11.9. The molecular formula is C36H26O23. The molecule has 23 nitrogen and oxygen atoms in total. The number of hydrogen-bond donors (Lipinski definition) is 12. The lowest BCUT2D eigenvalue weighted by Gasteiger charge is -2.38. The highest BCUT2D eigenvalue weighted by atomic mass is 16.6. The highest BCUT2D eigenvalue weighted by Gasteiger charge is 2.74. The SMILES string of the molecule is O=C(O[C@@H](C(=O)O)[C@@H](OC(=O)c1ccc(O)c(O)c1)C(=O)O[C@](C(=O)O)(C(=O)c1ccc(O)c(O)c1)[C@@](O)(C(=O)O)C(=O)c1ccc(O)c(O)c1)c1ccc(O)c(O)c1. The quantitative estimate of drug-likeness (QED) is 0.0249. The van der Waals surface area contributed by atoms with Gasteiger partial charge in [0.15, 0.2) is 46.0 Å². The average Bonchev–Trinajstić information content (AvgIpc) is 3.17. The van der Waals surface area contributed by atoms with E-state index in [-0.39, 0.29) is 12.1 Å². The number of aromatic hydroxyl groups is 8. The Morgan fingerprint density at radius 1 is 0.441 bits per heavy atom. The van der Waals surface area contributed by atoms with Gasteiger partial charge in [0.25, 0.3) is 5.60 Å². The van der Waals surface area contributed by atoms with Crippen LogP contribution in [-0.4, -0.2) is 132 Å². The van der Waals surface area contributed by atoms with Gasteiger partial charge in [0.1, 0.15) is 0 Å². The van der Waals surface area contributed by atoms with Gasteiger partial charge in [-0.2, -0.15) is 0 Å². The molecule has 0 spiro atoms. The first-order chi connectivity index (χ1) is 27.5. The van der Waals surface area contributed by atoms with E-state index in [1.165, 1.54) is 0 Å². The molecule has 12 N–H and O–H groups in total. The van der Waals surface area contributed by atoms with Gasteiger partial charge in [0.05, 0.1) is 11.1 Å². The molecule has 4 atom stereocenters. The number of hydrogen-bond acceptors (Lipinski definition) is 20. The minimum absolute atomic E-state index is 0.228. The molecule has 0 aliphatic heterocycles. The van der Waals surface area contributed by atoms with Crippen LogP contribution < -0.4 is 0 Å². The Balaban J connectivity index is 2.01. The van der Waals surface area contributed by atoms with Gasteiger partial charge >= 0.3 is 41.4 Å². The summed E-state index contributed by atoms with van der Waals surface area (Å²) in [5.41, 5.74) is -14.0. The Morgan fingerprint density at radius 2 is 0.780 bits per heavy atom. The lowest BCUT2D eigenvalue weighted by atomic mass is 9.72. The highest BCUT2D eigenvalue weighted by molar-refractivity contribution is 6.29. The van der Waals surface area contributed by atoms with Crippen LogP contribution in [0.25, 0.3) is 0 Å². The van der Waals surface area contributed by atoms with Crippen LogP contribution in [0, 0.1) is 0 Å². The molecule has 0 saturated carbocycles. The third kappa shape index (κ3) is 8.05. The molecule has 0 fully saturated rings. The van der Waals surface area contributed by atoms with E-state index in [1.807, 2.05) is 0 Å². The number of aliphatic hydroxyl groups is 1. The van der Waals surface area contributed by atoms with Crippen LogP contribution in [0.3, 0.4) is 0 Å². The van der Waals surface area contributed by atoms with E-state index in [0.29, 0.717) is 54.6 Å². The molecule has 0 heterocycles. The standard InChI is InChI=1S/C36H26O23/c37-17-5-1-13(9-21(17)41)27(45)35(56,33(52)53)36(34(54)55,28(46)14-2-6-18(38)22(42)10-14)59-32(51)26(58-31(50)16-4-8-20(40)24(44)12-16)25(29(47)48)57-30(49)15-3-7-19(39)23(43)11-15/h1-12,25-26,37-44,56H,(H,47,48)(H,52,53)(H,54,55)/t25-,26-,35+,36+/m1/s1. The zero-order valence-electron chi connectivity index (χ0n) is 28.9. The second-order valence-electron chi connectivity index (χ2n) is 11.9. The molecule has 0 aliphatic carbocycles. The lowest BCUT2D eigenvalue weighted by molar-refractivity contribution is -0.207. The molecule has 0 saturated heterocycles. The van der Waals surface area contributed by atoms with Crippen molar-refractivity contribution >= 4 is 47.4 Å². The molecule has 0 bridgehead atoms. The van der Waals surface area contributed by atoms with E-state index in [0.717, 1.165) is 6.07 Å². The van der Waals surface area contributed by atoms with Crippen LogP contribution in [0.5, 0.6) is 46.0 Å². The van der Waals surface area contributed by atoms with E-state index >= 15 is 0 Å². The van der Waals surface area contributed by atoms with Gasteiger partial charge in [-0.05, 0) is 72.8 Å². The maximum absolute atomic E-state index is 14.3. The minimum Gasteiger partial charge on any atom is -0.504 e. The molecule has 4 rings (SSSR count). The summed E-state index contributed by atoms with van der Waals surface area (Å²) < 4.78 is 14.5. The second-order valence-corrected chi connectivity index (χ2v) is 11.9. The zero-order valence-corrected chi connectivity index (χ0v) is 28.9. The van der Waals surface area contributed by atoms with Gasteiger partial charge in [-0.1, -0.05) is 0 Å². The predicted molar refractivity (Wildman–Crippen MR) is 183 cm³/mol. The van der Waals surface area contributed by atoms with E-state index < -0.39 is 139 Å². The lowest BCUT2D eigenvalue weighted by Crippen LogP contribution is -2.73. The predicted octanol–water partition coefficient (Wildman–Crippen LogP) is 0.115. The summed E-state index contributed by atoms with van der Waals surface area (Å²) in [6.45, 7) is 0. The van der Waals surface area contributed by atoms with Gasteiger partial charge < -0.3 is 75.5 Å². The number of carbonyl (C=O) groups excluding carboxylic acids is 5. The second kappa shape index (κ2) is 16.2. The molecule has 0 aromatic heterocycles. The average molecular weight is 827 g/mol. The van der Waals surface area contributed by atoms with Crippen LogP contribution in [0.15, 0.2) is 72.8 Å². The number of ether oxygens (including phenoxy) is 3. The fraction of sp³-hybridized carbons (Fsp3) is 0.111. The first-order valence-corrected chi connectivity index (χ1v) is 15.7. The maximum Gasteiger partial charge on any atom is 0.360 e. The maximum atomic E-state index is 14.3. The van der Waals surface area contributed by atoms with Crippen molar-refractivity contribution < 1.29 is 114 Å². The van der Waals surface area contributed by atoms with Crippen LogP contribution in [0.1, 0.15) is 41.4 Å². The topological polar surface area (TPSA) is 407 Å². The van der Waals surface area contributed by atoms with Crippen molar-refractivity contribution in [2.45, 2.75) is 23.4 Å². The van der Waals surface area contributed by atoms with Crippen molar-refractivity contribution in [2.75, 3.05) is 0 Å². The van der Waals surface area contributed by atoms with Gasteiger partial charge in [0.2, 0.25) is 23.8 Å². The van der Waals surface area contributed by atoms with Crippen LogP contribution >= 0.6 is 0 Å². The monoisotopic (exact) mass is 826 g/mol. The van der Waals surface area contributed by atoms with Crippen molar-refractivity contribution in [3.8, 4) is 46.0 Å². The molecule has 0 unspecified atom stereocenters. The van der Waals surface area contributed by atoms with Crippen molar-refractivity contribution in [1.82, 2.24) is 0 Å². The van der Waals surface area contributed by atoms with E-state index in [2.05, 4.69) is 0 Å². The smallest absolute Gasteiger partial charge is 0.360 e. The first-order valence-electron chi connectivity index (χ1n) is 15.7. The van der Waals surface area contributed by atoms with Crippen molar-refractivity contribution in [3.63, 3.8) is 0 Å². The normalized spacial score (nSPS) is 13.9. The summed E-state index contributed by atoms with van der Waals surface area (Å²) in [5.74, 6) is -27.9. The van der Waals surface area contributed by atoms with Crippen LogP contribution in [0.4, 0.5) is 0 Å². The third-order valence-corrected chi connectivity index (χ3v) is 8.14. The molecule has 59 heavy (non-hydrogen) atoms. The van der Waals surface area contributed by atoms with Crippen molar-refractivity contribution in [1.29, 1.82) is 0 Å². The molecule has 4 aromatic rings. The number of esters is 3. The molecule has 308 valence electrons. The highest BCUT2D eigenvalue weighted by Crippen LogP contribution is 2.39. The number of carboxylic acids is 3. The Hall–Kier alpha value is -8.60. The number of carboxylic acid groups (broad SMARTS) is 3. The molecule has 0 amide bonds. The molecular weight excluding hydrogens is 800 g/mol. The number of benzene rings is 4. The number of aliphatic carboxylic acids is 3. The summed E-state index contributed by atoms with van der Waals surface area (Å²) >= 11 is 0. The van der Waals surface area contributed by atoms with Crippen molar-refractivity contribution in [3.05, 3.63) is 95.1 Å². The van der Waals surface area contributed by atoms with Gasteiger partial charge in [-0.15, -0.1) is 0 Å². The number of rotatable bonds is 15. The number of phenols is 8. The zero-order chi connectivity index (χ0) is 44.3. The number of ketones is 2. The number of carbonyl (C=O) groups is 8. The molecule has 23 heteroatoms. The van der Waals surface area contributed by atoms with Crippen LogP contribution in [-0.2, 0) is 33.4 Å². The summed E-state index contributed by atoms with van der Waals surface area (Å²) in [7, 11) is 0. The Bertz CT molecular complexity index is 2440. The Morgan fingerprint density at radius 3 is 1.12 bits per heavy atom. The first kappa shape index (κ1) is 43.1.